The molecule has 0 spiro atoms. The first-order valence-electron chi connectivity index (χ1n) is 6.53. The van der Waals surface area contributed by atoms with Gasteiger partial charge in [-0.25, -0.2) is 0 Å². The molecule has 1 rings (SSSR count). The second-order valence-electron chi connectivity index (χ2n) is 4.45. The highest BCUT2D eigenvalue weighted by molar-refractivity contribution is 5.87. The molecule has 3 N–H and O–H groups in total. The van der Waals surface area contributed by atoms with E-state index in [-0.39, 0.29) is 24.5 Å². The van der Waals surface area contributed by atoms with Crippen molar-refractivity contribution >= 4 is 11.8 Å². The fraction of sp³-hybridized carbons (Fsp3) is 0.833. The molecule has 18 heavy (non-hydrogen) atoms. The fourth-order valence-corrected chi connectivity index (χ4v) is 1.84. The summed E-state index contributed by atoms with van der Waals surface area (Å²) in [5.41, 5.74) is 0. The van der Waals surface area contributed by atoms with E-state index in [2.05, 4.69) is 16.0 Å². The summed E-state index contributed by atoms with van der Waals surface area (Å²) in [6, 6.07) is -0.498. The molecule has 1 saturated heterocycles. The SMILES string of the molecule is CCNC(=O)C(C)NC(=O)CNCC1CCCO1. The van der Waals surface area contributed by atoms with Crippen molar-refractivity contribution in [2.75, 3.05) is 26.2 Å². The maximum atomic E-state index is 11.5. The highest BCUT2D eigenvalue weighted by atomic mass is 16.5. The van der Waals surface area contributed by atoms with Gasteiger partial charge in [0.2, 0.25) is 11.8 Å². The summed E-state index contributed by atoms with van der Waals surface area (Å²) in [7, 11) is 0. The van der Waals surface area contributed by atoms with E-state index in [9.17, 15) is 9.59 Å². The molecule has 2 atom stereocenters. The molecule has 6 heteroatoms. The third-order valence-corrected chi connectivity index (χ3v) is 2.80. The zero-order valence-electron chi connectivity index (χ0n) is 11.1. The van der Waals surface area contributed by atoms with Gasteiger partial charge in [0.15, 0.2) is 0 Å². The minimum atomic E-state index is -0.498. The Balaban J connectivity index is 2.10. The largest absolute Gasteiger partial charge is 0.377 e. The van der Waals surface area contributed by atoms with Gasteiger partial charge in [-0.05, 0) is 26.7 Å². The topological polar surface area (TPSA) is 79.5 Å². The van der Waals surface area contributed by atoms with Crippen LogP contribution in [0.1, 0.15) is 26.7 Å². The van der Waals surface area contributed by atoms with Gasteiger partial charge < -0.3 is 20.7 Å². The van der Waals surface area contributed by atoms with Crippen molar-refractivity contribution < 1.29 is 14.3 Å². The smallest absolute Gasteiger partial charge is 0.242 e. The number of amides is 2. The van der Waals surface area contributed by atoms with Gasteiger partial charge in [0.1, 0.15) is 6.04 Å². The molecule has 0 aromatic carbocycles. The molecular weight excluding hydrogens is 234 g/mol. The van der Waals surface area contributed by atoms with Crippen molar-refractivity contribution in [3.63, 3.8) is 0 Å². The number of hydrogen-bond donors (Lipinski definition) is 3. The molecule has 0 aromatic heterocycles. The standard InChI is InChI=1S/C12H23N3O3/c1-3-14-12(17)9(2)15-11(16)8-13-7-10-5-4-6-18-10/h9-10,13H,3-8H2,1-2H3,(H,14,17)(H,15,16). The Labute approximate surface area is 108 Å². The molecule has 1 aliphatic rings. The van der Waals surface area contributed by atoms with E-state index in [0.29, 0.717) is 13.1 Å². The van der Waals surface area contributed by atoms with Crippen molar-refractivity contribution in [2.45, 2.75) is 38.8 Å². The van der Waals surface area contributed by atoms with Crippen LogP contribution in [0.5, 0.6) is 0 Å². The number of likely N-dealkylation sites (N-methyl/N-ethyl adjacent to an activating group) is 1. The van der Waals surface area contributed by atoms with Crippen LogP contribution in [0.25, 0.3) is 0 Å². The van der Waals surface area contributed by atoms with E-state index in [1.165, 1.54) is 0 Å². The first-order chi connectivity index (χ1) is 8.63. The third kappa shape index (κ3) is 5.46. The molecular formula is C12H23N3O3. The average molecular weight is 257 g/mol. The molecule has 1 aliphatic heterocycles. The number of ether oxygens (including phenoxy) is 1. The summed E-state index contributed by atoms with van der Waals surface area (Å²) in [5, 5.41) is 8.33. The van der Waals surface area contributed by atoms with E-state index in [1.807, 2.05) is 6.92 Å². The Hall–Kier alpha value is -1.14. The minimum Gasteiger partial charge on any atom is -0.377 e. The maximum Gasteiger partial charge on any atom is 0.242 e. The van der Waals surface area contributed by atoms with E-state index < -0.39 is 6.04 Å². The molecule has 0 bridgehead atoms. The summed E-state index contributed by atoms with van der Waals surface area (Å²) in [4.78, 5) is 22.9. The zero-order chi connectivity index (χ0) is 13.4. The van der Waals surface area contributed by atoms with Gasteiger partial charge in [0.05, 0.1) is 12.6 Å². The van der Waals surface area contributed by atoms with Gasteiger partial charge in [-0.1, -0.05) is 0 Å². The molecule has 0 aromatic rings. The van der Waals surface area contributed by atoms with E-state index >= 15 is 0 Å². The Morgan fingerprint density at radius 3 is 2.83 bits per heavy atom. The van der Waals surface area contributed by atoms with Crippen molar-refractivity contribution in [1.82, 2.24) is 16.0 Å². The Morgan fingerprint density at radius 2 is 2.22 bits per heavy atom. The first kappa shape index (κ1) is 14.9. The van der Waals surface area contributed by atoms with Crippen LogP contribution in [0.15, 0.2) is 0 Å². The molecule has 1 fully saturated rings. The van der Waals surface area contributed by atoms with Crippen molar-refractivity contribution in [1.29, 1.82) is 0 Å². The molecule has 0 saturated carbocycles. The third-order valence-electron chi connectivity index (χ3n) is 2.80. The van der Waals surface area contributed by atoms with Crippen LogP contribution in [0.4, 0.5) is 0 Å². The molecule has 2 amide bonds. The minimum absolute atomic E-state index is 0.162. The average Bonchev–Trinajstić information content (AvgIpc) is 2.82. The van der Waals surface area contributed by atoms with Crippen LogP contribution < -0.4 is 16.0 Å². The summed E-state index contributed by atoms with van der Waals surface area (Å²) >= 11 is 0. The Bertz CT molecular complexity index is 278. The summed E-state index contributed by atoms with van der Waals surface area (Å²) in [5.74, 6) is -0.336. The maximum absolute atomic E-state index is 11.5. The van der Waals surface area contributed by atoms with Gasteiger partial charge in [-0.3, -0.25) is 9.59 Å². The lowest BCUT2D eigenvalue weighted by Gasteiger charge is -2.14. The molecule has 2 unspecified atom stereocenters. The van der Waals surface area contributed by atoms with Crippen molar-refractivity contribution in [2.24, 2.45) is 0 Å². The highest BCUT2D eigenvalue weighted by Crippen LogP contribution is 2.10. The van der Waals surface area contributed by atoms with Crippen molar-refractivity contribution in [3.8, 4) is 0 Å². The lowest BCUT2D eigenvalue weighted by atomic mass is 10.2. The monoisotopic (exact) mass is 257 g/mol. The zero-order valence-corrected chi connectivity index (χ0v) is 11.1. The van der Waals surface area contributed by atoms with Gasteiger partial charge >= 0.3 is 0 Å². The number of carbonyl (C=O) groups is 2. The normalized spacial score (nSPS) is 20.4. The number of rotatable bonds is 7. The van der Waals surface area contributed by atoms with E-state index in [4.69, 9.17) is 4.74 Å². The lowest BCUT2D eigenvalue weighted by Crippen LogP contribution is -2.47. The summed E-state index contributed by atoms with van der Waals surface area (Å²) in [6.07, 6.45) is 2.36. The fourth-order valence-electron chi connectivity index (χ4n) is 1.84. The second kappa shape index (κ2) is 8.05. The van der Waals surface area contributed by atoms with Gasteiger partial charge in [0, 0.05) is 19.7 Å². The predicted molar refractivity (Wildman–Crippen MR) is 68.1 cm³/mol. The summed E-state index contributed by atoms with van der Waals surface area (Å²) in [6.45, 7) is 5.79. The molecule has 0 aliphatic carbocycles. The van der Waals surface area contributed by atoms with E-state index in [1.54, 1.807) is 6.92 Å². The van der Waals surface area contributed by atoms with Crippen LogP contribution in [0, 0.1) is 0 Å². The van der Waals surface area contributed by atoms with Crippen molar-refractivity contribution in [3.05, 3.63) is 0 Å². The van der Waals surface area contributed by atoms with E-state index in [0.717, 1.165) is 19.4 Å². The van der Waals surface area contributed by atoms with Gasteiger partial charge in [-0.15, -0.1) is 0 Å². The van der Waals surface area contributed by atoms with Gasteiger partial charge in [0.25, 0.3) is 0 Å². The second-order valence-corrected chi connectivity index (χ2v) is 4.45. The first-order valence-corrected chi connectivity index (χ1v) is 6.53. The molecule has 1 heterocycles. The van der Waals surface area contributed by atoms with Gasteiger partial charge in [-0.2, -0.15) is 0 Å². The van der Waals surface area contributed by atoms with Crippen LogP contribution >= 0.6 is 0 Å². The van der Waals surface area contributed by atoms with Crippen LogP contribution in [-0.4, -0.2) is 50.2 Å². The van der Waals surface area contributed by atoms with Crippen LogP contribution in [0.3, 0.4) is 0 Å². The number of hydrogen-bond acceptors (Lipinski definition) is 4. The predicted octanol–water partition coefficient (Wildman–Crippen LogP) is -0.604. The summed E-state index contributed by atoms with van der Waals surface area (Å²) < 4.78 is 5.43. The highest BCUT2D eigenvalue weighted by Gasteiger charge is 2.17. The Kier molecular flexibility index (Phi) is 6.67. The quantitative estimate of drug-likeness (QED) is 0.569. The number of nitrogens with one attached hydrogen (secondary N) is 3. The molecule has 6 nitrogen and oxygen atoms in total. The number of carbonyl (C=O) groups excluding carboxylic acids is 2. The van der Waals surface area contributed by atoms with Crippen LogP contribution in [0.2, 0.25) is 0 Å². The molecule has 0 radical (unpaired) electrons. The lowest BCUT2D eigenvalue weighted by molar-refractivity contribution is -0.128. The van der Waals surface area contributed by atoms with Crippen LogP contribution in [-0.2, 0) is 14.3 Å². The molecule has 104 valence electrons. The Morgan fingerprint density at radius 1 is 1.44 bits per heavy atom.